The number of hydrogen-bond donors (Lipinski definition) is 3. The van der Waals surface area contributed by atoms with Gasteiger partial charge in [-0.05, 0) is 113 Å². The summed E-state index contributed by atoms with van der Waals surface area (Å²) in [5.41, 5.74) is 3.51. The third kappa shape index (κ3) is 18.2. The lowest BCUT2D eigenvalue weighted by atomic mass is 10.0. The molecule has 5 amide bonds. The first-order valence-corrected chi connectivity index (χ1v) is 26.1. The van der Waals surface area contributed by atoms with E-state index in [2.05, 4.69) is 37.3 Å². The molecule has 0 radical (unpaired) electrons. The molecule has 4 unspecified atom stereocenters. The van der Waals surface area contributed by atoms with Gasteiger partial charge in [0.05, 0.1) is 25.0 Å². The van der Waals surface area contributed by atoms with Crippen molar-refractivity contribution >= 4 is 53.2 Å². The van der Waals surface area contributed by atoms with E-state index in [4.69, 9.17) is 27.9 Å². The molecule has 0 fully saturated rings. The van der Waals surface area contributed by atoms with Crippen molar-refractivity contribution in [3.63, 3.8) is 0 Å². The number of carbonyl (C=O) groups is 5. The Hall–Kier alpha value is -5.48. The van der Waals surface area contributed by atoms with E-state index in [1.165, 1.54) is 9.80 Å². The molecule has 3 N–H and O–H groups in total. The molecule has 394 valence electrons. The highest BCUT2D eigenvalue weighted by Crippen LogP contribution is 2.32. The van der Waals surface area contributed by atoms with Gasteiger partial charge in [-0.2, -0.15) is 0 Å². The number of amides is 5. The van der Waals surface area contributed by atoms with Crippen LogP contribution in [0.5, 0.6) is 11.5 Å². The highest BCUT2D eigenvalue weighted by molar-refractivity contribution is 6.31. The topological polar surface area (TPSA) is 161 Å². The Morgan fingerprint density at radius 1 is 0.833 bits per heavy atom. The number of likely N-dealkylation sites (N-methyl/N-ethyl adjacent to an activating group) is 2. The molecule has 0 aliphatic rings. The van der Waals surface area contributed by atoms with Crippen LogP contribution in [0.1, 0.15) is 109 Å². The van der Waals surface area contributed by atoms with Gasteiger partial charge in [0.2, 0.25) is 30.0 Å². The molecule has 4 atom stereocenters. The zero-order chi connectivity index (χ0) is 52.9. The SMILES string of the molecule is CCCCC(CN(C)C(=O)CCC(=O)N(Cc1ccc(Cl)cc1Oc1ccc(-c2cnc(CN(C)C)n2C)cc1)C(CCCNC(C)C)C(=O)NC(CC)C(=O)N(C)C(CC)Cc1ccc(Cl)cc1)NC=O. The molecular weight excluding hydrogens is 954 g/mol. The summed E-state index contributed by atoms with van der Waals surface area (Å²) >= 11 is 12.8. The smallest absolute Gasteiger partial charge is 0.245 e. The van der Waals surface area contributed by atoms with Crippen LogP contribution in [0, 0.1) is 0 Å². The average Bonchev–Trinajstić information content (AvgIpc) is 3.71. The molecule has 0 saturated heterocycles. The Morgan fingerprint density at radius 2 is 1.51 bits per heavy atom. The summed E-state index contributed by atoms with van der Waals surface area (Å²) < 4.78 is 8.60. The molecule has 1 aromatic heterocycles. The van der Waals surface area contributed by atoms with Crippen LogP contribution in [0.3, 0.4) is 0 Å². The van der Waals surface area contributed by atoms with Crippen molar-refractivity contribution < 1.29 is 28.7 Å². The quantitative estimate of drug-likeness (QED) is 0.0331. The zero-order valence-corrected chi connectivity index (χ0v) is 45.7. The number of nitrogens with zero attached hydrogens (tertiary/aromatic N) is 6. The summed E-state index contributed by atoms with van der Waals surface area (Å²) in [7, 11) is 9.41. The largest absolute Gasteiger partial charge is 0.457 e. The van der Waals surface area contributed by atoms with Gasteiger partial charge >= 0.3 is 0 Å². The van der Waals surface area contributed by atoms with Crippen LogP contribution in [0.2, 0.25) is 10.0 Å². The summed E-state index contributed by atoms with van der Waals surface area (Å²) in [5.74, 6) is 0.412. The van der Waals surface area contributed by atoms with Crippen molar-refractivity contribution in [3.8, 4) is 22.8 Å². The fourth-order valence-electron chi connectivity index (χ4n) is 8.63. The molecule has 0 bridgehead atoms. The van der Waals surface area contributed by atoms with E-state index in [0.29, 0.717) is 78.7 Å². The van der Waals surface area contributed by atoms with Gasteiger partial charge in [0.25, 0.3) is 0 Å². The van der Waals surface area contributed by atoms with Gasteiger partial charge in [0.1, 0.15) is 29.4 Å². The van der Waals surface area contributed by atoms with Crippen LogP contribution in [0.4, 0.5) is 0 Å². The standard InChI is InChI=1S/C55H79Cl2N9O6/c1-11-14-16-44(60-37-67)35-63(8)52(68)28-29-53(69)66(34-41-20-25-43(57)32-50(41)72-46-26-21-40(22-27-46)49-33-59-51(65(49)10)36-62(6)7)48(17-15-30-58-38(4)5)54(70)61-47(13-3)55(71)64(9)45(12-2)31-39-18-23-42(56)24-19-39/h18-27,32-33,37-38,44-45,47-48,58H,11-17,28-31,34-36H2,1-10H3,(H,60,67)(H,61,70). The molecule has 17 heteroatoms. The maximum atomic E-state index is 15.0. The lowest BCUT2D eigenvalue weighted by Crippen LogP contribution is -2.56. The van der Waals surface area contributed by atoms with Crippen LogP contribution >= 0.6 is 23.2 Å². The van der Waals surface area contributed by atoms with Gasteiger partial charge in [-0.1, -0.05) is 88.9 Å². The first-order valence-electron chi connectivity index (χ1n) is 25.4. The monoisotopic (exact) mass is 1030 g/mol. The summed E-state index contributed by atoms with van der Waals surface area (Å²) in [6.45, 7) is 11.5. The van der Waals surface area contributed by atoms with E-state index >= 15 is 0 Å². The highest BCUT2D eigenvalue weighted by Gasteiger charge is 2.35. The van der Waals surface area contributed by atoms with Crippen LogP contribution in [-0.2, 0) is 50.5 Å². The number of rotatable bonds is 31. The number of imidazole rings is 1. The van der Waals surface area contributed by atoms with E-state index in [9.17, 15) is 24.0 Å². The normalized spacial score (nSPS) is 13.0. The van der Waals surface area contributed by atoms with Crippen LogP contribution in [0.25, 0.3) is 11.3 Å². The number of benzene rings is 3. The van der Waals surface area contributed by atoms with Crippen molar-refractivity contribution in [2.75, 3.05) is 41.3 Å². The molecular formula is C55H79Cl2N9O6. The highest BCUT2D eigenvalue weighted by atomic mass is 35.5. The zero-order valence-electron chi connectivity index (χ0n) is 44.2. The summed E-state index contributed by atoms with van der Waals surface area (Å²) in [5, 5.41) is 10.3. The fraction of sp³-hybridized carbons (Fsp3) is 0.527. The second-order valence-electron chi connectivity index (χ2n) is 19.2. The summed E-state index contributed by atoms with van der Waals surface area (Å²) in [4.78, 5) is 80.7. The number of carbonyl (C=O) groups excluding carboxylic acids is 5. The number of hydrogen-bond acceptors (Lipinski definition) is 9. The van der Waals surface area contributed by atoms with Crippen LogP contribution in [-0.4, -0.2) is 131 Å². The van der Waals surface area contributed by atoms with Gasteiger partial charge in [-0.25, -0.2) is 4.98 Å². The van der Waals surface area contributed by atoms with Gasteiger partial charge in [-0.3, -0.25) is 24.0 Å². The van der Waals surface area contributed by atoms with Crippen molar-refractivity contribution in [2.45, 2.75) is 142 Å². The predicted octanol–water partition coefficient (Wildman–Crippen LogP) is 8.64. The molecule has 4 rings (SSSR count). The predicted molar refractivity (Wildman–Crippen MR) is 288 cm³/mol. The maximum Gasteiger partial charge on any atom is 0.245 e. The van der Waals surface area contributed by atoms with E-state index < -0.39 is 23.9 Å². The van der Waals surface area contributed by atoms with E-state index in [-0.39, 0.29) is 62.3 Å². The third-order valence-electron chi connectivity index (χ3n) is 13.0. The van der Waals surface area contributed by atoms with E-state index in [1.807, 2.05) is 104 Å². The Labute approximate surface area is 438 Å². The van der Waals surface area contributed by atoms with Gasteiger partial charge in [0.15, 0.2) is 0 Å². The first-order chi connectivity index (χ1) is 34.4. The molecule has 72 heavy (non-hydrogen) atoms. The molecule has 0 aliphatic heterocycles. The number of ether oxygens (including phenoxy) is 1. The number of unbranched alkanes of at least 4 members (excludes halogenated alkanes) is 1. The third-order valence-corrected chi connectivity index (χ3v) is 13.4. The average molecular weight is 1030 g/mol. The fourth-order valence-corrected chi connectivity index (χ4v) is 8.91. The lowest BCUT2D eigenvalue weighted by Gasteiger charge is -2.35. The van der Waals surface area contributed by atoms with E-state index in [0.717, 1.165) is 35.5 Å². The molecule has 0 aliphatic carbocycles. The minimum atomic E-state index is -1.04. The Balaban J connectivity index is 1.70. The van der Waals surface area contributed by atoms with Crippen molar-refractivity contribution in [1.29, 1.82) is 0 Å². The molecule has 4 aromatic rings. The maximum absolute atomic E-state index is 15.0. The van der Waals surface area contributed by atoms with Gasteiger partial charge in [0, 0.05) is 79.8 Å². The molecule has 3 aromatic carbocycles. The molecule has 15 nitrogen and oxygen atoms in total. The van der Waals surface area contributed by atoms with Crippen molar-refractivity contribution in [2.24, 2.45) is 7.05 Å². The van der Waals surface area contributed by atoms with E-state index in [1.54, 1.807) is 37.2 Å². The lowest BCUT2D eigenvalue weighted by molar-refractivity contribution is -0.145. The van der Waals surface area contributed by atoms with Gasteiger partial charge in [-0.15, -0.1) is 0 Å². The number of halogens is 2. The second kappa shape index (κ2) is 29.9. The molecule has 1 heterocycles. The van der Waals surface area contributed by atoms with Crippen molar-refractivity contribution in [3.05, 3.63) is 99.9 Å². The molecule has 0 spiro atoms. The van der Waals surface area contributed by atoms with Crippen molar-refractivity contribution in [1.82, 2.24) is 45.1 Å². The second-order valence-corrected chi connectivity index (χ2v) is 20.1. The van der Waals surface area contributed by atoms with Gasteiger partial charge < -0.3 is 44.9 Å². The Morgan fingerprint density at radius 3 is 2.14 bits per heavy atom. The number of aromatic nitrogens is 2. The molecule has 0 saturated carbocycles. The minimum absolute atomic E-state index is 0.0706. The summed E-state index contributed by atoms with van der Waals surface area (Å²) in [6.07, 6.45) is 7.07. The minimum Gasteiger partial charge on any atom is -0.457 e. The Bertz CT molecular complexity index is 2340. The Kier molecular flexibility index (Phi) is 24.5. The number of nitrogens with one attached hydrogen (secondary N) is 3. The van der Waals surface area contributed by atoms with Crippen LogP contribution < -0.4 is 20.7 Å². The van der Waals surface area contributed by atoms with Crippen LogP contribution in [0.15, 0.2) is 72.9 Å². The summed E-state index contributed by atoms with van der Waals surface area (Å²) in [6, 6.07) is 18.2. The first kappa shape index (κ1) is 59.1.